The molecule has 0 amide bonds. The third-order valence-electron chi connectivity index (χ3n) is 1.72. The summed E-state index contributed by atoms with van der Waals surface area (Å²) in [5, 5.41) is 8.69. The second kappa shape index (κ2) is 4.79. The lowest BCUT2D eigenvalue weighted by molar-refractivity contribution is 0.276. The first-order valence-electron chi connectivity index (χ1n) is 3.86. The largest absolute Gasteiger partial charge is 0.396 e. The fraction of sp³-hybridized carbons (Fsp3) is 0.333. The van der Waals surface area contributed by atoms with Crippen LogP contribution >= 0.6 is 22.6 Å². The van der Waals surface area contributed by atoms with Crippen molar-refractivity contribution in [1.82, 2.24) is 0 Å². The van der Waals surface area contributed by atoms with Crippen LogP contribution in [0.1, 0.15) is 18.0 Å². The van der Waals surface area contributed by atoms with Crippen molar-refractivity contribution in [2.75, 3.05) is 6.61 Å². The Hall–Kier alpha value is -0.130. The highest BCUT2D eigenvalue weighted by Crippen LogP contribution is 2.15. The van der Waals surface area contributed by atoms with Gasteiger partial charge in [-0.25, -0.2) is 0 Å². The van der Waals surface area contributed by atoms with Gasteiger partial charge in [-0.15, -0.1) is 0 Å². The van der Waals surface area contributed by atoms with Crippen LogP contribution in [0.5, 0.6) is 0 Å². The molecule has 0 aliphatic rings. The number of nitrogens with two attached hydrogens (primary N) is 1. The molecule has 0 radical (unpaired) electrons. The van der Waals surface area contributed by atoms with Crippen LogP contribution in [0.4, 0.5) is 0 Å². The van der Waals surface area contributed by atoms with Gasteiger partial charge in [0, 0.05) is 16.2 Å². The van der Waals surface area contributed by atoms with E-state index in [1.807, 2.05) is 24.3 Å². The van der Waals surface area contributed by atoms with E-state index in [4.69, 9.17) is 10.8 Å². The van der Waals surface area contributed by atoms with E-state index >= 15 is 0 Å². The van der Waals surface area contributed by atoms with Gasteiger partial charge in [-0.3, -0.25) is 0 Å². The summed E-state index contributed by atoms with van der Waals surface area (Å²) in [6.07, 6.45) is 0.625. The molecule has 0 aromatic heterocycles. The quantitative estimate of drug-likeness (QED) is 0.826. The average molecular weight is 277 g/mol. The summed E-state index contributed by atoms with van der Waals surface area (Å²) in [7, 11) is 0. The molecule has 0 bridgehead atoms. The van der Waals surface area contributed by atoms with E-state index in [1.54, 1.807) is 0 Å². The number of halogens is 1. The van der Waals surface area contributed by atoms with Crippen LogP contribution in [-0.4, -0.2) is 11.7 Å². The van der Waals surface area contributed by atoms with E-state index in [0.717, 1.165) is 5.56 Å². The van der Waals surface area contributed by atoms with Gasteiger partial charge in [0.15, 0.2) is 0 Å². The van der Waals surface area contributed by atoms with Crippen LogP contribution in [0, 0.1) is 3.57 Å². The summed E-state index contributed by atoms with van der Waals surface area (Å²) >= 11 is 2.25. The maximum atomic E-state index is 8.69. The van der Waals surface area contributed by atoms with E-state index in [2.05, 4.69) is 22.6 Å². The fourth-order valence-electron chi connectivity index (χ4n) is 1.04. The lowest BCUT2D eigenvalue weighted by Crippen LogP contribution is -2.11. The molecule has 1 rings (SSSR count). The van der Waals surface area contributed by atoms with Crippen LogP contribution in [0.2, 0.25) is 0 Å². The molecule has 0 saturated carbocycles. The molecular formula is C9H12INO. The van der Waals surface area contributed by atoms with Crippen molar-refractivity contribution in [3.63, 3.8) is 0 Å². The lowest BCUT2D eigenvalue weighted by Gasteiger charge is -2.09. The molecule has 0 aliphatic heterocycles. The SMILES string of the molecule is N[C@H](CCO)c1cccc(I)c1. The Morgan fingerprint density at radius 2 is 2.25 bits per heavy atom. The number of rotatable bonds is 3. The van der Waals surface area contributed by atoms with Gasteiger partial charge in [0.1, 0.15) is 0 Å². The first-order chi connectivity index (χ1) is 5.74. The van der Waals surface area contributed by atoms with Crippen molar-refractivity contribution in [3.05, 3.63) is 33.4 Å². The van der Waals surface area contributed by atoms with Crippen molar-refractivity contribution in [2.45, 2.75) is 12.5 Å². The van der Waals surface area contributed by atoms with Crippen molar-refractivity contribution in [1.29, 1.82) is 0 Å². The van der Waals surface area contributed by atoms with Crippen LogP contribution in [0.3, 0.4) is 0 Å². The minimum absolute atomic E-state index is 0.0373. The van der Waals surface area contributed by atoms with Gasteiger partial charge in [0.2, 0.25) is 0 Å². The van der Waals surface area contributed by atoms with Gasteiger partial charge in [-0.05, 0) is 46.7 Å². The highest BCUT2D eigenvalue weighted by atomic mass is 127. The Morgan fingerprint density at radius 1 is 1.50 bits per heavy atom. The zero-order chi connectivity index (χ0) is 8.97. The van der Waals surface area contributed by atoms with Gasteiger partial charge in [-0.1, -0.05) is 12.1 Å². The lowest BCUT2D eigenvalue weighted by atomic mass is 10.1. The molecular weight excluding hydrogens is 265 g/mol. The summed E-state index contributed by atoms with van der Waals surface area (Å²) in [6.45, 7) is 0.145. The summed E-state index contributed by atoms with van der Waals surface area (Å²) in [6, 6.07) is 8.00. The first kappa shape index (κ1) is 9.95. The molecule has 1 aromatic rings. The van der Waals surface area contributed by atoms with Crippen LogP contribution < -0.4 is 5.73 Å². The molecule has 1 atom stereocenters. The Morgan fingerprint density at radius 3 is 2.83 bits per heavy atom. The van der Waals surface area contributed by atoms with Crippen LogP contribution in [0.25, 0.3) is 0 Å². The van der Waals surface area contributed by atoms with E-state index < -0.39 is 0 Å². The van der Waals surface area contributed by atoms with Crippen molar-refractivity contribution in [3.8, 4) is 0 Å². The van der Waals surface area contributed by atoms with Crippen molar-refractivity contribution in [2.24, 2.45) is 5.73 Å². The third kappa shape index (κ3) is 2.73. The first-order valence-corrected chi connectivity index (χ1v) is 4.94. The van der Waals surface area contributed by atoms with E-state index in [1.165, 1.54) is 3.57 Å². The number of benzene rings is 1. The Bertz CT molecular complexity index is 252. The van der Waals surface area contributed by atoms with Gasteiger partial charge in [0.25, 0.3) is 0 Å². The molecule has 3 N–H and O–H groups in total. The monoisotopic (exact) mass is 277 g/mol. The zero-order valence-corrected chi connectivity index (χ0v) is 8.86. The Labute approximate surface area is 85.9 Å². The Balaban J connectivity index is 2.73. The van der Waals surface area contributed by atoms with E-state index in [9.17, 15) is 0 Å². The topological polar surface area (TPSA) is 46.2 Å². The van der Waals surface area contributed by atoms with Gasteiger partial charge < -0.3 is 10.8 Å². The second-order valence-electron chi connectivity index (χ2n) is 2.67. The van der Waals surface area contributed by atoms with Gasteiger partial charge >= 0.3 is 0 Å². The smallest absolute Gasteiger partial charge is 0.0449 e. The molecule has 0 spiro atoms. The second-order valence-corrected chi connectivity index (χ2v) is 3.92. The highest BCUT2D eigenvalue weighted by molar-refractivity contribution is 14.1. The summed E-state index contributed by atoms with van der Waals surface area (Å²) in [4.78, 5) is 0. The predicted molar refractivity (Wildman–Crippen MR) is 57.8 cm³/mol. The predicted octanol–water partition coefficient (Wildman–Crippen LogP) is 1.67. The minimum Gasteiger partial charge on any atom is -0.396 e. The zero-order valence-electron chi connectivity index (χ0n) is 6.70. The van der Waals surface area contributed by atoms with Gasteiger partial charge in [0.05, 0.1) is 0 Å². The molecule has 1 aromatic carbocycles. The molecule has 0 aliphatic carbocycles. The minimum atomic E-state index is -0.0373. The molecule has 0 fully saturated rings. The number of hydrogen-bond acceptors (Lipinski definition) is 2. The molecule has 12 heavy (non-hydrogen) atoms. The average Bonchev–Trinajstić information content (AvgIpc) is 2.05. The maximum absolute atomic E-state index is 8.69. The van der Waals surface area contributed by atoms with Crippen LogP contribution in [0.15, 0.2) is 24.3 Å². The normalized spacial score (nSPS) is 12.9. The standard InChI is InChI=1S/C9H12INO/c10-8-3-1-2-7(6-8)9(11)4-5-12/h1-3,6,9,12H,4-5,11H2/t9-/m1/s1. The van der Waals surface area contributed by atoms with Crippen LogP contribution in [-0.2, 0) is 0 Å². The molecule has 3 heteroatoms. The fourth-order valence-corrected chi connectivity index (χ4v) is 1.61. The van der Waals surface area contributed by atoms with E-state index in [-0.39, 0.29) is 12.6 Å². The van der Waals surface area contributed by atoms with Crippen molar-refractivity contribution >= 4 is 22.6 Å². The van der Waals surface area contributed by atoms with Crippen molar-refractivity contribution < 1.29 is 5.11 Å². The maximum Gasteiger partial charge on any atom is 0.0449 e. The molecule has 0 unspecified atom stereocenters. The molecule has 0 saturated heterocycles. The molecule has 0 heterocycles. The van der Waals surface area contributed by atoms with Gasteiger partial charge in [-0.2, -0.15) is 0 Å². The third-order valence-corrected chi connectivity index (χ3v) is 2.39. The summed E-state index contributed by atoms with van der Waals surface area (Å²) < 4.78 is 1.18. The molecule has 2 nitrogen and oxygen atoms in total. The Kier molecular flexibility index (Phi) is 3.97. The number of aliphatic hydroxyl groups excluding tert-OH is 1. The summed E-state index contributed by atoms with van der Waals surface area (Å²) in [5.74, 6) is 0. The van der Waals surface area contributed by atoms with E-state index in [0.29, 0.717) is 6.42 Å². The number of hydrogen-bond donors (Lipinski definition) is 2. The number of aliphatic hydroxyl groups is 1. The highest BCUT2D eigenvalue weighted by Gasteiger charge is 2.04. The summed E-state index contributed by atoms with van der Waals surface area (Å²) in [5.41, 5.74) is 6.90. The molecule has 66 valence electrons.